The number of fused-ring (bicyclic) bond motifs is 1. The highest BCUT2D eigenvalue weighted by molar-refractivity contribution is 5.84. The average molecular weight is 336 g/mol. The van der Waals surface area contributed by atoms with Gasteiger partial charge in [0.05, 0.1) is 19.4 Å². The van der Waals surface area contributed by atoms with E-state index in [1.165, 1.54) is 11.6 Å². The molecule has 9 heteroatoms. The third kappa shape index (κ3) is 2.68. The molecule has 2 aliphatic rings. The Morgan fingerprint density at radius 2 is 2.04 bits per heavy atom. The van der Waals surface area contributed by atoms with Crippen LogP contribution in [0.5, 0.6) is 0 Å². The normalized spacial score (nSPS) is 20.1. The number of likely N-dealkylation sites (tertiary alicyclic amines) is 1. The second-order valence-corrected chi connectivity index (χ2v) is 6.29. The van der Waals surface area contributed by atoms with Crippen LogP contribution in [0.25, 0.3) is 0 Å². The Bertz CT molecular complexity index is 768. The lowest BCUT2D eigenvalue weighted by Crippen LogP contribution is -2.48. The van der Waals surface area contributed by atoms with Crippen molar-refractivity contribution in [2.75, 3.05) is 36.5 Å². The molecule has 3 heterocycles. The van der Waals surface area contributed by atoms with Gasteiger partial charge in [0.2, 0.25) is 5.91 Å². The van der Waals surface area contributed by atoms with Gasteiger partial charge in [0.15, 0.2) is 0 Å². The van der Waals surface area contributed by atoms with E-state index < -0.39 is 0 Å². The maximum atomic E-state index is 12.4. The van der Waals surface area contributed by atoms with E-state index in [1.54, 1.807) is 11.9 Å². The molecule has 24 heavy (non-hydrogen) atoms. The minimum absolute atomic E-state index is 0.0699. The van der Waals surface area contributed by atoms with Crippen LogP contribution in [-0.2, 0) is 18.9 Å². The van der Waals surface area contributed by atoms with Crippen LogP contribution in [0.15, 0.2) is 9.59 Å². The molecule has 0 aliphatic carbocycles. The summed E-state index contributed by atoms with van der Waals surface area (Å²) in [5.41, 5.74) is -0.405. The number of nitrogens with one attached hydrogen (secondary N) is 2. The summed E-state index contributed by atoms with van der Waals surface area (Å²) in [4.78, 5) is 40.7. The van der Waals surface area contributed by atoms with Gasteiger partial charge in [0.25, 0.3) is 5.56 Å². The molecule has 0 bridgehead atoms. The van der Waals surface area contributed by atoms with Gasteiger partial charge in [-0.25, -0.2) is 4.79 Å². The van der Waals surface area contributed by atoms with Crippen LogP contribution in [0.3, 0.4) is 0 Å². The third-order valence-electron chi connectivity index (χ3n) is 4.83. The SMILES string of the molecule is CCN1CCCC1NC(=O)CN1CNc2c1c(=O)n(C)c(=O)n2C. The molecule has 1 unspecified atom stereocenters. The lowest BCUT2D eigenvalue weighted by atomic mass is 10.3. The second-order valence-electron chi connectivity index (χ2n) is 6.29. The fraction of sp³-hybridized carbons (Fsp3) is 0.667. The van der Waals surface area contributed by atoms with Crippen molar-refractivity contribution < 1.29 is 4.79 Å². The zero-order chi connectivity index (χ0) is 17.4. The van der Waals surface area contributed by atoms with Crippen LogP contribution in [0, 0.1) is 0 Å². The highest BCUT2D eigenvalue weighted by atomic mass is 16.2. The van der Waals surface area contributed by atoms with E-state index >= 15 is 0 Å². The summed E-state index contributed by atoms with van der Waals surface area (Å²) in [6.45, 7) is 4.40. The molecule has 9 nitrogen and oxygen atoms in total. The lowest BCUT2D eigenvalue weighted by Gasteiger charge is -2.25. The Labute approximate surface area is 139 Å². The molecule has 1 saturated heterocycles. The van der Waals surface area contributed by atoms with Crippen molar-refractivity contribution in [2.45, 2.75) is 25.9 Å². The maximum Gasteiger partial charge on any atom is 0.332 e. The molecular formula is C15H24N6O3. The molecule has 2 N–H and O–H groups in total. The first kappa shape index (κ1) is 16.6. The summed E-state index contributed by atoms with van der Waals surface area (Å²) in [7, 11) is 3.05. The molecule has 1 atom stereocenters. The van der Waals surface area contributed by atoms with Gasteiger partial charge in [-0.15, -0.1) is 0 Å². The van der Waals surface area contributed by atoms with Crippen LogP contribution in [0.1, 0.15) is 19.8 Å². The molecule has 3 rings (SSSR count). The fourth-order valence-electron chi connectivity index (χ4n) is 3.47. The predicted molar refractivity (Wildman–Crippen MR) is 91.2 cm³/mol. The minimum Gasteiger partial charge on any atom is -0.352 e. The Kier molecular flexibility index (Phi) is 4.35. The van der Waals surface area contributed by atoms with Crippen molar-refractivity contribution in [3.8, 4) is 0 Å². The highest BCUT2D eigenvalue weighted by Crippen LogP contribution is 2.25. The summed E-state index contributed by atoms with van der Waals surface area (Å²) < 4.78 is 2.46. The molecule has 0 radical (unpaired) electrons. The zero-order valence-corrected chi connectivity index (χ0v) is 14.3. The molecule has 1 aromatic rings. The molecule has 1 fully saturated rings. The fourth-order valence-corrected chi connectivity index (χ4v) is 3.47. The van der Waals surface area contributed by atoms with Crippen molar-refractivity contribution in [3.05, 3.63) is 20.8 Å². The quantitative estimate of drug-likeness (QED) is 0.720. The Balaban J connectivity index is 1.76. The van der Waals surface area contributed by atoms with Crippen molar-refractivity contribution in [1.82, 2.24) is 19.4 Å². The highest BCUT2D eigenvalue weighted by Gasteiger charge is 2.30. The van der Waals surface area contributed by atoms with Gasteiger partial charge < -0.3 is 15.5 Å². The second kappa shape index (κ2) is 6.31. The van der Waals surface area contributed by atoms with E-state index in [4.69, 9.17) is 0 Å². The van der Waals surface area contributed by atoms with Crippen molar-refractivity contribution >= 4 is 17.4 Å². The molecule has 0 saturated carbocycles. The Morgan fingerprint density at radius 1 is 1.29 bits per heavy atom. The standard InChI is InChI=1S/C15H24N6O3/c1-4-20-7-5-6-10(20)17-11(22)8-21-9-16-13-12(21)14(23)19(3)15(24)18(13)2/h10,16H,4-9H2,1-3H3,(H,17,22). The molecule has 0 spiro atoms. The van der Waals surface area contributed by atoms with Crippen LogP contribution in [0.2, 0.25) is 0 Å². The first-order valence-electron chi connectivity index (χ1n) is 8.26. The first-order chi connectivity index (χ1) is 11.4. The topological polar surface area (TPSA) is 91.6 Å². The molecule has 1 aromatic heterocycles. The van der Waals surface area contributed by atoms with E-state index in [9.17, 15) is 14.4 Å². The number of hydrogen-bond acceptors (Lipinski definition) is 6. The molecule has 1 amide bonds. The number of rotatable bonds is 4. The molecule has 132 valence electrons. The zero-order valence-electron chi connectivity index (χ0n) is 14.3. The monoisotopic (exact) mass is 336 g/mol. The predicted octanol–water partition coefficient (Wildman–Crippen LogP) is -1.17. The average Bonchev–Trinajstić information content (AvgIpc) is 3.17. The van der Waals surface area contributed by atoms with E-state index in [1.807, 2.05) is 0 Å². The molecular weight excluding hydrogens is 312 g/mol. The summed E-state index contributed by atoms with van der Waals surface area (Å²) in [5, 5.41) is 6.07. The first-order valence-corrected chi connectivity index (χ1v) is 8.26. The van der Waals surface area contributed by atoms with E-state index in [0.29, 0.717) is 18.2 Å². The van der Waals surface area contributed by atoms with E-state index in [0.717, 1.165) is 30.5 Å². The third-order valence-corrected chi connectivity index (χ3v) is 4.83. The largest absolute Gasteiger partial charge is 0.352 e. The number of aromatic nitrogens is 2. The number of carbonyl (C=O) groups excluding carboxylic acids is 1. The number of nitrogens with zero attached hydrogens (tertiary/aromatic N) is 4. The van der Waals surface area contributed by atoms with Gasteiger partial charge in [-0.1, -0.05) is 6.92 Å². The summed E-state index contributed by atoms with van der Waals surface area (Å²) in [6, 6.07) is 0. The lowest BCUT2D eigenvalue weighted by molar-refractivity contribution is -0.121. The number of carbonyl (C=O) groups is 1. The smallest absolute Gasteiger partial charge is 0.332 e. The maximum absolute atomic E-state index is 12.4. The summed E-state index contributed by atoms with van der Waals surface area (Å²) >= 11 is 0. The van der Waals surface area contributed by atoms with Crippen molar-refractivity contribution in [3.63, 3.8) is 0 Å². The Morgan fingerprint density at radius 3 is 2.75 bits per heavy atom. The van der Waals surface area contributed by atoms with Crippen molar-refractivity contribution in [1.29, 1.82) is 0 Å². The van der Waals surface area contributed by atoms with E-state index in [2.05, 4.69) is 22.5 Å². The van der Waals surface area contributed by atoms with E-state index in [-0.39, 0.29) is 29.9 Å². The number of amides is 1. The van der Waals surface area contributed by atoms with Gasteiger partial charge in [0, 0.05) is 20.6 Å². The van der Waals surface area contributed by atoms with Gasteiger partial charge in [-0.05, 0) is 19.4 Å². The Hall–Kier alpha value is -2.29. The summed E-state index contributed by atoms with van der Waals surface area (Å²) in [5.74, 6) is 0.345. The minimum atomic E-state index is -0.387. The van der Waals surface area contributed by atoms with Gasteiger partial charge in [0.1, 0.15) is 11.5 Å². The van der Waals surface area contributed by atoms with Gasteiger partial charge in [-0.2, -0.15) is 0 Å². The molecule has 2 aliphatic heterocycles. The summed E-state index contributed by atoms with van der Waals surface area (Å²) in [6.07, 6.45) is 2.10. The van der Waals surface area contributed by atoms with Gasteiger partial charge in [-0.3, -0.25) is 23.6 Å². The van der Waals surface area contributed by atoms with Crippen LogP contribution in [-0.4, -0.2) is 52.4 Å². The van der Waals surface area contributed by atoms with Gasteiger partial charge >= 0.3 is 5.69 Å². The van der Waals surface area contributed by atoms with Crippen LogP contribution >= 0.6 is 0 Å². The number of hydrogen-bond donors (Lipinski definition) is 2. The van der Waals surface area contributed by atoms with Crippen LogP contribution in [0.4, 0.5) is 11.5 Å². The molecule has 0 aromatic carbocycles. The van der Waals surface area contributed by atoms with Crippen molar-refractivity contribution in [2.24, 2.45) is 14.1 Å². The van der Waals surface area contributed by atoms with Crippen LogP contribution < -0.4 is 26.8 Å². The number of anilines is 2.